The van der Waals surface area contributed by atoms with E-state index in [1.165, 1.54) is 6.20 Å². The van der Waals surface area contributed by atoms with Crippen LogP contribution in [-0.4, -0.2) is 22.7 Å². The van der Waals surface area contributed by atoms with Gasteiger partial charge in [0.1, 0.15) is 11.5 Å². The number of anilines is 2. The smallest absolute Gasteiger partial charge is 0.275 e. The van der Waals surface area contributed by atoms with Crippen molar-refractivity contribution in [3.8, 4) is 11.5 Å². The second kappa shape index (κ2) is 7.33. The predicted molar refractivity (Wildman–Crippen MR) is 101 cm³/mol. The van der Waals surface area contributed by atoms with Crippen molar-refractivity contribution in [3.63, 3.8) is 0 Å². The van der Waals surface area contributed by atoms with Crippen molar-refractivity contribution in [2.45, 2.75) is 13.0 Å². The summed E-state index contributed by atoms with van der Waals surface area (Å²) in [6.45, 7) is 2.23. The summed E-state index contributed by atoms with van der Waals surface area (Å²) in [6, 6.07) is 15.3. The van der Waals surface area contributed by atoms with Gasteiger partial charge in [-0.2, -0.15) is 0 Å². The van der Waals surface area contributed by atoms with Gasteiger partial charge in [0.15, 0.2) is 11.5 Å². The molecule has 1 aliphatic rings. The molecule has 2 heterocycles. The molecule has 0 saturated heterocycles. The number of benzene rings is 2. The lowest BCUT2D eigenvalue weighted by Gasteiger charge is -2.14. The molecule has 136 valence electrons. The van der Waals surface area contributed by atoms with Crippen molar-refractivity contribution in [2.75, 3.05) is 17.4 Å². The Kier molecular flexibility index (Phi) is 4.57. The highest BCUT2D eigenvalue weighted by atomic mass is 16.7. The first-order chi connectivity index (χ1) is 13.2. The molecule has 4 rings (SSSR count). The molecule has 1 unspecified atom stereocenters. The summed E-state index contributed by atoms with van der Waals surface area (Å²) in [4.78, 5) is 20.8. The standard InChI is InChI=1S/C20H18N4O3/c1-13(14-5-3-2-4-6-14)23-19-11-21-16(10-22-19)20(25)24-15-7-8-17-18(9-15)27-12-26-17/h2-11,13H,12H2,1H3,(H,22,23)(H,24,25). The lowest BCUT2D eigenvalue weighted by molar-refractivity contribution is 0.102. The number of aromatic nitrogens is 2. The van der Waals surface area contributed by atoms with E-state index in [9.17, 15) is 4.79 Å². The maximum Gasteiger partial charge on any atom is 0.275 e. The van der Waals surface area contributed by atoms with Crippen LogP contribution in [0.1, 0.15) is 29.0 Å². The second-order valence-electron chi connectivity index (χ2n) is 6.09. The average Bonchev–Trinajstić information content (AvgIpc) is 3.17. The Bertz CT molecular complexity index is 945. The number of rotatable bonds is 5. The van der Waals surface area contributed by atoms with Crippen molar-refractivity contribution >= 4 is 17.4 Å². The molecular weight excluding hydrogens is 344 g/mol. The van der Waals surface area contributed by atoms with Crippen LogP contribution in [-0.2, 0) is 0 Å². The third-order valence-corrected chi connectivity index (χ3v) is 4.18. The van der Waals surface area contributed by atoms with Crippen LogP contribution in [0.3, 0.4) is 0 Å². The summed E-state index contributed by atoms with van der Waals surface area (Å²) in [5.74, 6) is 1.53. The van der Waals surface area contributed by atoms with Gasteiger partial charge in [0, 0.05) is 17.8 Å². The van der Waals surface area contributed by atoms with E-state index in [0.717, 1.165) is 5.56 Å². The molecule has 1 aliphatic heterocycles. The highest BCUT2D eigenvalue weighted by Gasteiger charge is 2.15. The first kappa shape index (κ1) is 16.8. The van der Waals surface area contributed by atoms with E-state index in [2.05, 4.69) is 20.6 Å². The molecule has 2 N–H and O–H groups in total. The Labute approximate surface area is 156 Å². The Balaban J connectivity index is 1.40. The highest BCUT2D eigenvalue weighted by molar-refractivity contribution is 6.02. The van der Waals surface area contributed by atoms with E-state index in [1.54, 1.807) is 24.4 Å². The Morgan fingerprint density at radius 3 is 2.63 bits per heavy atom. The van der Waals surface area contributed by atoms with Crippen LogP contribution in [0, 0.1) is 0 Å². The van der Waals surface area contributed by atoms with E-state index >= 15 is 0 Å². The molecule has 7 nitrogen and oxygen atoms in total. The van der Waals surface area contributed by atoms with Gasteiger partial charge in [-0.05, 0) is 24.6 Å². The fraction of sp³-hybridized carbons (Fsp3) is 0.150. The zero-order chi connectivity index (χ0) is 18.6. The Morgan fingerprint density at radius 1 is 1.04 bits per heavy atom. The van der Waals surface area contributed by atoms with Gasteiger partial charge >= 0.3 is 0 Å². The maximum atomic E-state index is 12.4. The van der Waals surface area contributed by atoms with Gasteiger partial charge in [0.25, 0.3) is 5.91 Å². The number of amides is 1. The van der Waals surface area contributed by atoms with Gasteiger partial charge in [-0.15, -0.1) is 0 Å². The van der Waals surface area contributed by atoms with Crippen LogP contribution in [0.15, 0.2) is 60.9 Å². The van der Waals surface area contributed by atoms with Crippen molar-refractivity contribution in [2.24, 2.45) is 0 Å². The summed E-state index contributed by atoms with van der Waals surface area (Å²) in [7, 11) is 0. The van der Waals surface area contributed by atoms with Gasteiger partial charge in [-0.25, -0.2) is 9.97 Å². The van der Waals surface area contributed by atoms with E-state index in [0.29, 0.717) is 23.0 Å². The molecule has 0 spiro atoms. The van der Waals surface area contributed by atoms with Gasteiger partial charge in [-0.1, -0.05) is 30.3 Å². The van der Waals surface area contributed by atoms with Crippen molar-refractivity contribution in [1.82, 2.24) is 9.97 Å². The number of ether oxygens (including phenoxy) is 2. The van der Waals surface area contributed by atoms with E-state index in [1.807, 2.05) is 37.3 Å². The predicted octanol–water partition coefficient (Wildman–Crippen LogP) is 3.63. The third-order valence-electron chi connectivity index (χ3n) is 4.18. The van der Waals surface area contributed by atoms with Crippen molar-refractivity contribution in [3.05, 3.63) is 72.2 Å². The molecule has 0 fully saturated rings. The van der Waals surface area contributed by atoms with Gasteiger partial charge in [-0.3, -0.25) is 4.79 Å². The Hall–Kier alpha value is -3.61. The molecule has 1 aromatic heterocycles. The zero-order valence-corrected chi connectivity index (χ0v) is 14.7. The van der Waals surface area contributed by atoms with Gasteiger partial charge in [0.05, 0.1) is 12.4 Å². The number of nitrogens with zero attached hydrogens (tertiary/aromatic N) is 2. The molecule has 0 aliphatic carbocycles. The monoisotopic (exact) mass is 362 g/mol. The average molecular weight is 362 g/mol. The number of nitrogens with one attached hydrogen (secondary N) is 2. The first-order valence-corrected chi connectivity index (χ1v) is 8.53. The Morgan fingerprint density at radius 2 is 1.85 bits per heavy atom. The molecule has 2 aromatic carbocycles. The van der Waals surface area contributed by atoms with Crippen LogP contribution in [0.5, 0.6) is 11.5 Å². The summed E-state index contributed by atoms with van der Waals surface area (Å²) in [5.41, 5.74) is 1.97. The molecule has 7 heteroatoms. The van der Waals surface area contributed by atoms with E-state index in [-0.39, 0.29) is 24.4 Å². The SMILES string of the molecule is CC(Nc1cnc(C(=O)Nc2ccc3c(c2)OCO3)cn1)c1ccccc1. The maximum absolute atomic E-state index is 12.4. The fourth-order valence-corrected chi connectivity index (χ4v) is 2.74. The molecule has 1 atom stereocenters. The number of hydrogen-bond acceptors (Lipinski definition) is 6. The fourth-order valence-electron chi connectivity index (χ4n) is 2.74. The molecule has 1 amide bonds. The van der Waals surface area contributed by atoms with E-state index in [4.69, 9.17) is 9.47 Å². The molecule has 3 aromatic rings. The van der Waals surface area contributed by atoms with Crippen LogP contribution >= 0.6 is 0 Å². The summed E-state index contributed by atoms with van der Waals surface area (Å²) >= 11 is 0. The van der Waals surface area contributed by atoms with Gasteiger partial charge in [0.2, 0.25) is 6.79 Å². The van der Waals surface area contributed by atoms with E-state index < -0.39 is 0 Å². The first-order valence-electron chi connectivity index (χ1n) is 8.53. The number of carbonyl (C=O) groups excluding carboxylic acids is 1. The van der Waals surface area contributed by atoms with Crippen LogP contribution in [0.25, 0.3) is 0 Å². The lowest BCUT2D eigenvalue weighted by atomic mass is 10.1. The summed E-state index contributed by atoms with van der Waals surface area (Å²) in [5, 5.41) is 6.04. The number of fused-ring (bicyclic) bond motifs is 1. The third kappa shape index (κ3) is 3.82. The van der Waals surface area contributed by atoms with Crippen molar-refractivity contribution in [1.29, 1.82) is 0 Å². The molecule has 27 heavy (non-hydrogen) atoms. The molecule has 0 radical (unpaired) electrons. The molecule has 0 bridgehead atoms. The second-order valence-corrected chi connectivity index (χ2v) is 6.09. The normalized spacial score (nSPS) is 13.1. The number of hydrogen-bond donors (Lipinski definition) is 2. The van der Waals surface area contributed by atoms with Crippen LogP contribution < -0.4 is 20.1 Å². The minimum Gasteiger partial charge on any atom is -0.454 e. The topological polar surface area (TPSA) is 85.4 Å². The van der Waals surface area contributed by atoms with Crippen LogP contribution in [0.2, 0.25) is 0 Å². The minimum absolute atomic E-state index is 0.0776. The molecular formula is C20H18N4O3. The van der Waals surface area contributed by atoms with Crippen LogP contribution in [0.4, 0.5) is 11.5 Å². The highest BCUT2D eigenvalue weighted by Crippen LogP contribution is 2.34. The zero-order valence-electron chi connectivity index (χ0n) is 14.7. The summed E-state index contributed by atoms with van der Waals surface area (Å²) in [6.07, 6.45) is 3.00. The van der Waals surface area contributed by atoms with Gasteiger partial charge < -0.3 is 20.1 Å². The minimum atomic E-state index is -0.343. The lowest BCUT2D eigenvalue weighted by Crippen LogP contribution is -2.15. The molecule has 0 saturated carbocycles. The van der Waals surface area contributed by atoms with Crippen molar-refractivity contribution < 1.29 is 14.3 Å². The largest absolute Gasteiger partial charge is 0.454 e. The summed E-state index contributed by atoms with van der Waals surface area (Å²) < 4.78 is 10.6. The quantitative estimate of drug-likeness (QED) is 0.721. The number of carbonyl (C=O) groups is 1.